The maximum atomic E-state index is 11.8. The first-order valence-corrected chi connectivity index (χ1v) is 10.7. The summed E-state index contributed by atoms with van der Waals surface area (Å²) in [6.07, 6.45) is 2.89. The van der Waals surface area contributed by atoms with E-state index in [1.54, 1.807) is 14.2 Å². The quantitative estimate of drug-likeness (QED) is 0.231. The van der Waals surface area contributed by atoms with E-state index >= 15 is 0 Å². The summed E-state index contributed by atoms with van der Waals surface area (Å²) in [5.74, 6) is 2.03. The van der Waals surface area contributed by atoms with Crippen LogP contribution < -0.4 is 25.4 Å². The van der Waals surface area contributed by atoms with E-state index in [2.05, 4.69) is 20.9 Å². The van der Waals surface area contributed by atoms with E-state index in [1.807, 2.05) is 42.5 Å². The van der Waals surface area contributed by atoms with E-state index in [1.165, 1.54) is 0 Å². The van der Waals surface area contributed by atoms with Gasteiger partial charge < -0.3 is 25.4 Å². The topological polar surface area (TPSA) is 84.0 Å². The highest BCUT2D eigenvalue weighted by Crippen LogP contribution is 2.22. The van der Waals surface area contributed by atoms with Crippen molar-refractivity contribution in [3.8, 4) is 11.5 Å². The average molecular weight is 573 g/mol. The van der Waals surface area contributed by atoms with Crippen molar-refractivity contribution in [2.75, 3.05) is 27.3 Å². The van der Waals surface area contributed by atoms with Gasteiger partial charge in [0.05, 0.1) is 7.11 Å². The third-order valence-electron chi connectivity index (χ3n) is 4.84. The molecule has 0 bridgehead atoms. The highest BCUT2D eigenvalue weighted by molar-refractivity contribution is 14.0. The van der Waals surface area contributed by atoms with Gasteiger partial charge in [0.2, 0.25) is 0 Å². The fraction of sp³-hybridized carbons (Fsp3) is 0.391. The van der Waals surface area contributed by atoms with E-state index in [0.717, 1.165) is 36.1 Å². The number of hydrogen-bond acceptors (Lipinski definition) is 4. The number of amides is 1. The fourth-order valence-electron chi connectivity index (χ4n) is 2.97. The van der Waals surface area contributed by atoms with Gasteiger partial charge >= 0.3 is 0 Å². The number of nitrogens with one attached hydrogen (secondary N) is 3. The largest absolute Gasteiger partial charge is 0.497 e. The van der Waals surface area contributed by atoms with Gasteiger partial charge in [0.15, 0.2) is 12.6 Å². The van der Waals surface area contributed by atoms with Crippen molar-refractivity contribution in [2.24, 2.45) is 4.99 Å². The summed E-state index contributed by atoms with van der Waals surface area (Å²) in [5, 5.41) is 10.2. The number of carbonyl (C=O) groups excluding carboxylic acids is 1. The number of guanidine groups is 1. The molecule has 1 saturated carbocycles. The first kappa shape index (κ1) is 26.1. The molecule has 0 saturated heterocycles. The van der Waals surface area contributed by atoms with Crippen LogP contribution >= 0.6 is 35.6 Å². The molecule has 1 amide bonds. The third-order valence-corrected chi connectivity index (χ3v) is 5.19. The van der Waals surface area contributed by atoms with Crippen LogP contribution in [0, 0.1) is 0 Å². The Kier molecular flexibility index (Phi) is 10.9. The zero-order valence-corrected chi connectivity index (χ0v) is 21.4. The minimum atomic E-state index is -0.0763. The SMILES string of the molecule is CN=C(NCCc1ccc(OC)cc1Cl)NCc1cccc(OCC(=O)NC2CC2)c1.I. The van der Waals surface area contributed by atoms with Crippen LogP contribution in [0.15, 0.2) is 47.5 Å². The van der Waals surface area contributed by atoms with Gasteiger partial charge in [0, 0.05) is 31.2 Å². The van der Waals surface area contributed by atoms with E-state index in [0.29, 0.717) is 35.9 Å². The van der Waals surface area contributed by atoms with Crippen LogP contribution in [-0.4, -0.2) is 45.2 Å². The summed E-state index contributed by atoms with van der Waals surface area (Å²) in [6.45, 7) is 1.30. The summed E-state index contributed by atoms with van der Waals surface area (Å²) in [5.41, 5.74) is 2.07. The maximum Gasteiger partial charge on any atom is 0.258 e. The normalized spacial score (nSPS) is 13.0. The van der Waals surface area contributed by atoms with Crippen LogP contribution in [0.2, 0.25) is 5.02 Å². The highest BCUT2D eigenvalue weighted by atomic mass is 127. The highest BCUT2D eigenvalue weighted by Gasteiger charge is 2.23. The Balaban J connectivity index is 0.00000363. The summed E-state index contributed by atoms with van der Waals surface area (Å²) in [6, 6.07) is 13.7. The fourth-order valence-corrected chi connectivity index (χ4v) is 3.24. The van der Waals surface area contributed by atoms with E-state index in [4.69, 9.17) is 21.1 Å². The molecule has 0 radical (unpaired) electrons. The van der Waals surface area contributed by atoms with Gasteiger partial charge in [0.25, 0.3) is 5.91 Å². The molecule has 3 rings (SSSR count). The lowest BCUT2D eigenvalue weighted by Crippen LogP contribution is -2.37. The lowest BCUT2D eigenvalue weighted by Gasteiger charge is -2.13. The number of hydrogen-bond donors (Lipinski definition) is 3. The van der Waals surface area contributed by atoms with Crippen LogP contribution in [0.3, 0.4) is 0 Å². The molecule has 0 aliphatic heterocycles. The van der Waals surface area contributed by atoms with E-state index in [-0.39, 0.29) is 36.5 Å². The van der Waals surface area contributed by atoms with E-state index < -0.39 is 0 Å². The molecule has 0 aromatic heterocycles. The maximum absolute atomic E-state index is 11.8. The predicted octanol–water partition coefficient (Wildman–Crippen LogP) is 3.53. The molecular weight excluding hydrogens is 543 g/mol. The van der Waals surface area contributed by atoms with Crippen LogP contribution in [-0.2, 0) is 17.8 Å². The van der Waals surface area contributed by atoms with E-state index in [9.17, 15) is 4.79 Å². The Bertz CT molecular complexity index is 922. The monoisotopic (exact) mass is 572 g/mol. The molecule has 2 aromatic rings. The number of methoxy groups -OCH3 is 1. The number of benzene rings is 2. The van der Waals surface area contributed by atoms with Crippen molar-refractivity contribution in [3.63, 3.8) is 0 Å². The molecule has 0 unspecified atom stereocenters. The number of halogens is 2. The number of nitrogens with zero attached hydrogens (tertiary/aromatic N) is 1. The first-order chi connectivity index (χ1) is 15.1. The molecule has 9 heteroatoms. The lowest BCUT2D eigenvalue weighted by atomic mass is 10.1. The van der Waals surface area contributed by atoms with Crippen LogP contribution in [0.1, 0.15) is 24.0 Å². The molecule has 1 aliphatic rings. The first-order valence-electron chi connectivity index (χ1n) is 10.4. The van der Waals surface area contributed by atoms with Crippen molar-refractivity contribution in [1.29, 1.82) is 0 Å². The Morgan fingerprint density at radius 2 is 1.97 bits per heavy atom. The zero-order chi connectivity index (χ0) is 22.1. The number of carbonyl (C=O) groups is 1. The molecule has 2 aromatic carbocycles. The summed E-state index contributed by atoms with van der Waals surface area (Å²) in [4.78, 5) is 16.0. The van der Waals surface area contributed by atoms with Gasteiger partial charge in [-0.05, 0) is 54.7 Å². The van der Waals surface area contributed by atoms with Crippen molar-refractivity contribution in [3.05, 3.63) is 58.6 Å². The smallest absolute Gasteiger partial charge is 0.258 e. The van der Waals surface area contributed by atoms with Crippen molar-refractivity contribution >= 4 is 47.4 Å². The molecule has 0 atom stereocenters. The molecule has 0 heterocycles. The lowest BCUT2D eigenvalue weighted by molar-refractivity contribution is -0.123. The second kappa shape index (κ2) is 13.4. The Morgan fingerprint density at radius 3 is 2.66 bits per heavy atom. The molecular formula is C23H30ClIN4O3. The number of rotatable bonds is 10. The molecule has 0 spiro atoms. The van der Waals surface area contributed by atoms with Crippen molar-refractivity contribution in [1.82, 2.24) is 16.0 Å². The van der Waals surface area contributed by atoms with Gasteiger partial charge in [-0.1, -0.05) is 29.8 Å². The second-order valence-corrected chi connectivity index (χ2v) is 7.74. The molecule has 32 heavy (non-hydrogen) atoms. The van der Waals surface area contributed by atoms with Gasteiger partial charge in [0.1, 0.15) is 11.5 Å². The summed E-state index contributed by atoms with van der Waals surface area (Å²) in [7, 11) is 3.35. The molecule has 7 nitrogen and oxygen atoms in total. The third kappa shape index (κ3) is 8.74. The molecule has 1 aliphatic carbocycles. The standard InChI is InChI=1S/C23H29ClN4O3.HI/c1-25-23(26-11-10-17-6-9-19(30-2)13-21(17)24)27-14-16-4-3-5-20(12-16)31-15-22(29)28-18-7-8-18;/h3-6,9,12-13,18H,7-8,10-11,14-15H2,1-2H3,(H,28,29)(H2,25,26,27);1H. The van der Waals surface area contributed by atoms with Gasteiger partial charge in [-0.3, -0.25) is 9.79 Å². The average Bonchev–Trinajstić information content (AvgIpc) is 3.59. The van der Waals surface area contributed by atoms with Crippen molar-refractivity contribution < 1.29 is 14.3 Å². The minimum Gasteiger partial charge on any atom is -0.497 e. The zero-order valence-electron chi connectivity index (χ0n) is 18.3. The second-order valence-electron chi connectivity index (χ2n) is 7.34. The van der Waals surface area contributed by atoms with Gasteiger partial charge in [-0.25, -0.2) is 0 Å². The number of ether oxygens (including phenoxy) is 2. The summed E-state index contributed by atoms with van der Waals surface area (Å²) >= 11 is 6.30. The Morgan fingerprint density at radius 1 is 1.16 bits per heavy atom. The van der Waals surface area contributed by atoms with Gasteiger partial charge in [-0.2, -0.15) is 0 Å². The minimum absolute atomic E-state index is 0. The van der Waals surface area contributed by atoms with Crippen LogP contribution in [0.25, 0.3) is 0 Å². The molecule has 174 valence electrons. The number of aliphatic imine (C=N–C) groups is 1. The Hall–Kier alpha value is -2.20. The van der Waals surface area contributed by atoms with Gasteiger partial charge in [-0.15, -0.1) is 24.0 Å². The van der Waals surface area contributed by atoms with Crippen LogP contribution in [0.5, 0.6) is 11.5 Å². The van der Waals surface area contributed by atoms with Crippen LogP contribution in [0.4, 0.5) is 0 Å². The molecule has 3 N–H and O–H groups in total. The predicted molar refractivity (Wildman–Crippen MR) is 138 cm³/mol. The summed E-state index contributed by atoms with van der Waals surface area (Å²) < 4.78 is 10.8. The Labute approximate surface area is 211 Å². The van der Waals surface area contributed by atoms with Crippen molar-refractivity contribution in [2.45, 2.75) is 31.8 Å². The molecule has 1 fully saturated rings.